The quantitative estimate of drug-likeness (QED) is 0.248. The van der Waals surface area contributed by atoms with E-state index >= 15 is 0 Å². The molecule has 1 saturated heterocycles. The van der Waals surface area contributed by atoms with Gasteiger partial charge in [0.1, 0.15) is 23.1 Å². The van der Waals surface area contributed by atoms with Crippen LogP contribution in [-0.2, 0) is 9.47 Å². The molecule has 3 heterocycles. The van der Waals surface area contributed by atoms with E-state index < -0.39 is 17.3 Å². The molecule has 4 aromatic rings. The van der Waals surface area contributed by atoms with Crippen molar-refractivity contribution in [3.8, 4) is 11.4 Å². The molecular formula is C34H42N4O5. The Morgan fingerprint density at radius 3 is 2.19 bits per heavy atom. The van der Waals surface area contributed by atoms with Crippen molar-refractivity contribution in [1.82, 2.24) is 19.2 Å². The second-order valence-electron chi connectivity index (χ2n) is 13.3. The van der Waals surface area contributed by atoms with Crippen LogP contribution >= 0.6 is 0 Å². The smallest absolute Gasteiger partial charge is 0.419 e. The number of aryl methyl sites for hydroxylation is 2. The standard InChI is InChI=1S/C34H42N4O5/c1-22-20-23(2)30(26-14-19-37(29(22)26)32(40)43-34(6,7)8)41-28-15-18-36(31(39)42-33(3,4)5)21-27(28)24-10-12-25(13-11-24)38-17-9-16-35-38/h9-14,16-17,19-20,27-28H,15,18,21H2,1-8H3. The maximum absolute atomic E-state index is 13.1. The van der Waals surface area contributed by atoms with Crippen molar-refractivity contribution < 1.29 is 23.8 Å². The van der Waals surface area contributed by atoms with Crippen molar-refractivity contribution in [1.29, 1.82) is 0 Å². The number of carbonyl (C=O) groups excluding carboxylic acids is 2. The van der Waals surface area contributed by atoms with Gasteiger partial charge in [0.2, 0.25) is 0 Å². The molecule has 2 unspecified atom stereocenters. The van der Waals surface area contributed by atoms with Crippen LogP contribution in [0, 0.1) is 13.8 Å². The minimum absolute atomic E-state index is 0.114. The van der Waals surface area contributed by atoms with Crippen LogP contribution in [0.2, 0.25) is 0 Å². The average Bonchev–Trinajstić information content (AvgIpc) is 3.60. The van der Waals surface area contributed by atoms with Crippen LogP contribution in [0.4, 0.5) is 9.59 Å². The summed E-state index contributed by atoms with van der Waals surface area (Å²) in [5.74, 6) is 0.619. The Labute approximate surface area is 253 Å². The van der Waals surface area contributed by atoms with Crippen LogP contribution in [0.15, 0.2) is 61.1 Å². The second kappa shape index (κ2) is 11.4. The third-order valence-corrected chi connectivity index (χ3v) is 7.45. The zero-order chi connectivity index (χ0) is 31.1. The number of amides is 1. The van der Waals surface area contributed by atoms with Gasteiger partial charge in [0.05, 0.1) is 11.2 Å². The highest BCUT2D eigenvalue weighted by molar-refractivity contribution is 5.96. The highest BCUT2D eigenvalue weighted by atomic mass is 16.6. The minimum atomic E-state index is -0.617. The van der Waals surface area contributed by atoms with Crippen LogP contribution < -0.4 is 4.74 Å². The molecule has 1 fully saturated rings. The van der Waals surface area contributed by atoms with E-state index in [1.165, 1.54) is 0 Å². The Bertz CT molecular complexity index is 1610. The van der Waals surface area contributed by atoms with Crippen molar-refractivity contribution in [3.63, 3.8) is 0 Å². The lowest BCUT2D eigenvalue weighted by Gasteiger charge is -2.39. The first-order chi connectivity index (χ1) is 20.2. The maximum atomic E-state index is 13.1. The predicted molar refractivity (Wildman–Crippen MR) is 166 cm³/mol. The SMILES string of the molecule is Cc1cc(C)c2c(ccn2C(=O)OC(C)(C)C)c1OC1CCN(C(=O)OC(C)(C)C)CC1c1ccc(-n2cccn2)cc1. The summed E-state index contributed by atoms with van der Waals surface area (Å²) in [6.07, 6.45) is 5.04. The molecule has 0 radical (unpaired) electrons. The topological polar surface area (TPSA) is 87.8 Å². The minimum Gasteiger partial charge on any atom is -0.489 e. The van der Waals surface area contributed by atoms with E-state index in [-0.39, 0.29) is 18.1 Å². The van der Waals surface area contributed by atoms with E-state index in [1.807, 2.05) is 96.6 Å². The Hall–Kier alpha value is -4.27. The predicted octanol–water partition coefficient (Wildman–Crippen LogP) is 7.40. The number of benzene rings is 2. The molecule has 1 aliphatic heterocycles. The van der Waals surface area contributed by atoms with Crippen LogP contribution in [0.3, 0.4) is 0 Å². The lowest BCUT2D eigenvalue weighted by atomic mass is 9.87. The van der Waals surface area contributed by atoms with E-state index in [0.717, 1.165) is 39.0 Å². The van der Waals surface area contributed by atoms with Crippen LogP contribution in [0.5, 0.6) is 5.75 Å². The third-order valence-electron chi connectivity index (χ3n) is 7.45. The van der Waals surface area contributed by atoms with Gasteiger partial charge in [0.15, 0.2) is 0 Å². The van der Waals surface area contributed by atoms with Gasteiger partial charge in [0, 0.05) is 49.4 Å². The highest BCUT2D eigenvalue weighted by Gasteiger charge is 2.36. The molecule has 9 nitrogen and oxygen atoms in total. The molecule has 43 heavy (non-hydrogen) atoms. The van der Waals surface area contributed by atoms with Crippen LogP contribution in [-0.4, -0.2) is 61.8 Å². The van der Waals surface area contributed by atoms with Gasteiger partial charge in [-0.25, -0.2) is 14.3 Å². The highest BCUT2D eigenvalue weighted by Crippen LogP contribution is 2.38. The Morgan fingerprint density at radius 2 is 1.56 bits per heavy atom. The number of rotatable bonds is 4. The van der Waals surface area contributed by atoms with Crippen LogP contribution in [0.1, 0.15) is 70.6 Å². The first-order valence-corrected chi connectivity index (χ1v) is 14.8. The van der Waals surface area contributed by atoms with Gasteiger partial charge in [-0.2, -0.15) is 5.10 Å². The van der Waals surface area contributed by atoms with Crippen molar-refractivity contribution in [2.75, 3.05) is 13.1 Å². The summed E-state index contributed by atoms with van der Waals surface area (Å²) in [6, 6.07) is 14.1. The molecule has 2 aromatic carbocycles. The van der Waals surface area contributed by atoms with Gasteiger partial charge < -0.3 is 19.1 Å². The number of hydrogen-bond donors (Lipinski definition) is 0. The van der Waals surface area contributed by atoms with E-state index in [2.05, 4.69) is 17.2 Å². The molecule has 228 valence electrons. The van der Waals surface area contributed by atoms with Gasteiger partial charge in [0.25, 0.3) is 0 Å². The fourth-order valence-electron chi connectivity index (χ4n) is 5.64. The van der Waals surface area contributed by atoms with Gasteiger partial charge >= 0.3 is 12.2 Å². The molecule has 2 atom stereocenters. The first kappa shape index (κ1) is 30.2. The molecule has 1 aliphatic rings. The number of carbonyl (C=O) groups is 2. The van der Waals surface area contributed by atoms with Gasteiger partial charge in [-0.05, 0) is 96.3 Å². The summed E-state index contributed by atoms with van der Waals surface area (Å²) >= 11 is 0. The van der Waals surface area contributed by atoms with Crippen molar-refractivity contribution in [2.24, 2.45) is 0 Å². The number of hydrogen-bond acceptors (Lipinski definition) is 6. The second-order valence-corrected chi connectivity index (χ2v) is 13.3. The molecule has 0 N–H and O–H groups in total. The molecular weight excluding hydrogens is 544 g/mol. The summed E-state index contributed by atoms with van der Waals surface area (Å²) in [4.78, 5) is 27.9. The third kappa shape index (κ3) is 6.71. The fourth-order valence-corrected chi connectivity index (χ4v) is 5.64. The molecule has 0 spiro atoms. The Balaban J connectivity index is 1.49. The van der Waals surface area contributed by atoms with Gasteiger partial charge in [-0.1, -0.05) is 18.2 Å². The number of piperidine rings is 1. The average molecular weight is 587 g/mol. The van der Waals surface area contributed by atoms with E-state index in [4.69, 9.17) is 14.2 Å². The zero-order valence-corrected chi connectivity index (χ0v) is 26.4. The zero-order valence-electron chi connectivity index (χ0n) is 26.4. The number of fused-ring (bicyclic) bond motifs is 1. The Kier molecular flexibility index (Phi) is 8.03. The number of aromatic nitrogens is 3. The molecule has 0 bridgehead atoms. The summed E-state index contributed by atoms with van der Waals surface area (Å²) in [7, 11) is 0. The molecule has 9 heteroatoms. The van der Waals surface area contributed by atoms with E-state index in [0.29, 0.717) is 19.5 Å². The normalized spacial score (nSPS) is 17.6. The molecule has 0 aliphatic carbocycles. The summed E-state index contributed by atoms with van der Waals surface area (Å²) < 4.78 is 21.6. The van der Waals surface area contributed by atoms with Crippen molar-refractivity contribution in [2.45, 2.75) is 85.0 Å². The lowest BCUT2D eigenvalue weighted by molar-refractivity contribution is 0.00777. The molecule has 1 amide bonds. The molecule has 2 aromatic heterocycles. The number of likely N-dealkylation sites (tertiary alicyclic amines) is 1. The lowest BCUT2D eigenvalue weighted by Crippen LogP contribution is -2.48. The maximum Gasteiger partial charge on any atom is 0.419 e. The van der Waals surface area contributed by atoms with Crippen molar-refractivity contribution in [3.05, 3.63) is 77.7 Å². The van der Waals surface area contributed by atoms with Gasteiger partial charge in [-0.15, -0.1) is 0 Å². The van der Waals surface area contributed by atoms with E-state index in [1.54, 1.807) is 21.9 Å². The van der Waals surface area contributed by atoms with E-state index in [9.17, 15) is 9.59 Å². The fraction of sp³-hybridized carbons (Fsp3) is 0.441. The largest absolute Gasteiger partial charge is 0.489 e. The first-order valence-electron chi connectivity index (χ1n) is 14.8. The Morgan fingerprint density at radius 1 is 0.884 bits per heavy atom. The summed E-state index contributed by atoms with van der Waals surface area (Å²) in [5.41, 5.74) is 3.51. The monoisotopic (exact) mass is 586 g/mol. The molecule has 0 saturated carbocycles. The number of nitrogens with zero attached hydrogens (tertiary/aromatic N) is 4. The molecule has 5 rings (SSSR count). The van der Waals surface area contributed by atoms with Gasteiger partial charge in [-0.3, -0.25) is 4.57 Å². The summed E-state index contributed by atoms with van der Waals surface area (Å²) in [5, 5.41) is 5.19. The number of ether oxygens (including phenoxy) is 3. The van der Waals surface area contributed by atoms with Crippen LogP contribution in [0.25, 0.3) is 16.6 Å². The summed E-state index contributed by atoms with van der Waals surface area (Å²) in [6.45, 7) is 16.2. The van der Waals surface area contributed by atoms with Crippen molar-refractivity contribution >= 4 is 23.1 Å².